The van der Waals surface area contributed by atoms with Crippen LogP contribution >= 0.6 is 0 Å². The van der Waals surface area contributed by atoms with Crippen LogP contribution in [0.5, 0.6) is 0 Å². The Bertz CT molecular complexity index is 530. The second-order valence-electron chi connectivity index (χ2n) is 5.39. The van der Waals surface area contributed by atoms with Crippen molar-refractivity contribution in [1.82, 2.24) is 0 Å². The van der Waals surface area contributed by atoms with Gasteiger partial charge < -0.3 is 14.6 Å². The summed E-state index contributed by atoms with van der Waals surface area (Å²) < 4.78 is 37.6. The average Bonchev–Trinajstić information content (AvgIpc) is 2.68. The fourth-order valence-corrected chi connectivity index (χ4v) is 2.32. The monoisotopic (exact) mass is 301 g/mol. The number of anilines is 1. The minimum atomic E-state index is -1.32. The first-order valence-electron chi connectivity index (χ1n) is 6.49. The van der Waals surface area contributed by atoms with Gasteiger partial charge in [-0.1, -0.05) is 0 Å². The summed E-state index contributed by atoms with van der Waals surface area (Å²) in [6.45, 7) is 5.24. The van der Waals surface area contributed by atoms with Gasteiger partial charge in [0.1, 0.15) is 17.7 Å². The molecular formula is C14H17F2NO4. The van der Waals surface area contributed by atoms with Gasteiger partial charge in [0.25, 0.3) is 0 Å². The van der Waals surface area contributed by atoms with Crippen LogP contribution in [0.25, 0.3) is 0 Å². The van der Waals surface area contributed by atoms with Gasteiger partial charge in [0.15, 0.2) is 5.79 Å². The summed E-state index contributed by atoms with van der Waals surface area (Å²) in [5.41, 5.74) is -0.0826. The molecule has 0 saturated carbocycles. The zero-order valence-corrected chi connectivity index (χ0v) is 12.0. The molecule has 0 bridgehead atoms. The molecule has 0 radical (unpaired) electrons. The van der Waals surface area contributed by atoms with Crippen LogP contribution in [-0.4, -0.2) is 35.7 Å². The van der Waals surface area contributed by atoms with E-state index < -0.39 is 35.7 Å². The van der Waals surface area contributed by atoms with Gasteiger partial charge in [-0.2, -0.15) is 0 Å². The number of carbonyl (C=O) groups is 1. The molecule has 5 nitrogen and oxygen atoms in total. The number of benzene rings is 1. The van der Waals surface area contributed by atoms with E-state index in [0.29, 0.717) is 6.07 Å². The van der Waals surface area contributed by atoms with Crippen LogP contribution in [0, 0.1) is 11.6 Å². The van der Waals surface area contributed by atoms with Crippen LogP contribution in [0.2, 0.25) is 0 Å². The van der Waals surface area contributed by atoms with Crippen molar-refractivity contribution in [1.29, 1.82) is 0 Å². The molecule has 1 aliphatic heterocycles. The van der Waals surface area contributed by atoms with Crippen LogP contribution in [0.4, 0.5) is 19.3 Å². The third-order valence-electron chi connectivity index (χ3n) is 3.31. The molecule has 0 aromatic heterocycles. The third kappa shape index (κ3) is 3.48. The van der Waals surface area contributed by atoms with E-state index in [1.165, 1.54) is 0 Å². The molecule has 1 amide bonds. The van der Waals surface area contributed by atoms with E-state index in [1.807, 2.05) is 0 Å². The Hall–Kier alpha value is -1.73. The fraction of sp³-hybridized carbons (Fsp3) is 0.500. The second kappa shape index (κ2) is 5.57. The summed E-state index contributed by atoms with van der Waals surface area (Å²) in [4.78, 5) is 12.3. The minimum absolute atomic E-state index is 0.0826. The number of hydrogen-bond acceptors (Lipinski definition) is 3. The van der Waals surface area contributed by atoms with Crippen LogP contribution < -0.4 is 4.90 Å². The fourth-order valence-electron chi connectivity index (χ4n) is 2.32. The highest BCUT2D eigenvalue weighted by Gasteiger charge is 2.39. The molecule has 0 spiro atoms. The molecule has 1 aliphatic rings. The number of nitrogens with zero attached hydrogens (tertiary/aromatic N) is 1. The van der Waals surface area contributed by atoms with E-state index in [4.69, 9.17) is 9.47 Å². The van der Waals surface area contributed by atoms with Gasteiger partial charge in [-0.25, -0.2) is 13.6 Å². The van der Waals surface area contributed by atoms with Crippen molar-refractivity contribution in [2.45, 2.75) is 38.7 Å². The molecule has 2 atom stereocenters. The Morgan fingerprint density at radius 3 is 2.38 bits per heavy atom. The van der Waals surface area contributed by atoms with E-state index in [2.05, 4.69) is 0 Å². The number of carboxylic acid groups (broad SMARTS) is 1. The van der Waals surface area contributed by atoms with Gasteiger partial charge >= 0.3 is 6.09 Å². The molecule has 1 N–H and O–H groups in total. The molecular weight excluding hydrogens is 284 g/mol. The normalized spacial score (nSPS) is 22.0. The van der Waals surface area contributed by atoms with E-state index in [0.717, 1.165) is 17.0 Å². The number of rotatable bonds is 3. The molecule has 1 aromatic rings. The molecule has 116 valence electrons. The first-order valence-corrected chi connectivity index (χ1v) is 6.49. The number of ether oxygens (including phenoxy) is 2. The molecule has 7 heteroatoms. The predicted molar refractivity (Wildman–Crippen MR) is 71.2 cm³/mol. The highest BCUT2D eigenvalue weighted by molar-refractivity contribution is 5.86. The molecule has 1 fully saturated rings. The maximum atomic E-state index is 13.3. The maximum absolute atomic E-state index is 13.3. The van der Waals surface area contributed by atoms with Gasteiger partial charge in [0.05, 0.1) is 18.3 Å². The summed E-state index contributed by atoms with van der Waals surface area (Å²) >= 11 is 0. The SMILES string of the molecule is CC([C@H]1COC(C)(C)O1)N(C(=O)O)c1cc(F)cc(F)c1. The standard InChI is InChI=1S/C14H17F2NO4/c1-8(12-7-20-14(2,3)21-12)17(13(18)19)11-5-9(15)4-10(16)6-11/h4-6,8,12H,7H2,1-3H3,(H,18,19)/t8?,12-/m1/s1. The van der Waals surface area contributed by atoms with E-state index in [9.17, 15) is 18.7 Å². The van der Waals surface area contributed by atoms with Crippen molar-refractivity contribution in [3.63, 3.8) is 0 Å². The number of amides is 1. The molecule has 1 aromatic carbocycles. The lowest BCUT2D eigenvalue weighted by atomic mass is 10.1. The van der Waals surface area contributed by atoms with Gasteiger partial charge in [0, 0.05) is 6.07 Å². The number of hydrogen-bond donors (Lipinski definition) is 1. The Morgan fingerprint density at radius 2 is 1.95 bits per heavy atom. The Balaban J connectivity index is 2.29. The van der Waals surface area contributed by atoms with Crippen LogP contribution in [-0.2, 0) is 9.47 Å². The Labute approximate surface area is 121 Å². The zero-order chi connectivity index (χ0) is 15.8. The lowest BCUT2D eigenvalue weighted by Gasteiger charge is -2.30. The molecule has 1 saturated heterocycles. The van der Waals surface area contributed by atoms with Gasteiger partial charge in [-0.05, 0) is 32.9 Å². The number of halogens is 2. The lowest BCUT2D eigenvalue weighted by Crippen LogP contribution is -2.46. The van der Waals surface area contributed by atoms with Crippen molar-refractivity contribution >= 4 is 11.8 Å². The lowest BCUT2D eigenvalue weighted by molar-refractivity contribution is -0.140. The van der Waals surface area contributed by atoms with Crippen molar-refractivity contribution in [2.75, 3.05) is 11.5 Å². The molecule has 2 rings (SSSR count). The zero-order valence-electron chi connectivity index (χ0n) is 12.0. The molecule has 0 aliphatic carbocycles. The highest BCUT2D eigenvalue weighted by atomic mass is 19.1. The van der Waals surface area contributed by atoms with Gasteiger partial charge in [-0.3, -0.25) is 4.90 Å². The van der Waals surface area contributed by atoms with E-state index >= 15 is 0 Å². The summed E-state index contributed by atoms with van der Waals surface area (Å²) in [6, 6.07) is 1.96. The summed E-state index contributed by atoms with van der Waals surface area (Å²) in [5.74, 6) is -2.49. The van der Waals surface area contributed by atoms with Crippen LogP contribution in [0.15, 0.2) is 18.2 Å². The summed E-state index contributed by atoms with van der Waals surface area (Å²) in [5, 5.41) is 9.35. The average molecular weight is 301 g/mol. The summed E-state index contributed by atoms with van der Waals surface area (Å²) in [7, 11) is 0. The van der Waals surface area contributed by atoms with Gasteiger partial charge in [-0.15, -0.1) is 0 Å². The van der Waals surface area contributed by atoms with Crippen molar-refractivity contribution in [2.24, 2.45) is 0 Å². The highest BCUT2D eigenvalue weighted by Crippen LogP contribution is 2.29. The molecule has 21 heavy (non-hydrogen) atoms. The Morgan fingerprint density at radius 1 is 1.38 bits per heavy atom. The van der Waals surface area contributed by atoms with Crippen LogP contribution in [0.1, 0.15) is 20.8 Å². The largest absolute Gasteiger partial charge is 0.465 e. The topological polar surface area (TPSA) is 59.0 Å². The predicted octanol–water partition coefficient (Wildman–Crippen LogP) is 2.99. The Kier molecular flexibility index (Phi) is 4.15. The van der Waals surface area contributed by atoms with Crippen LogP contribution in [0.3, 0.4) is 0 Å². The quantitative estimate of drug-likeness (QED) is 0.932. The van der Waals surface area contributed by atoms with Crippen molar-refractivity contribution in [3.05, 3.63) is 29.8 Å². The second-order valence-corrected chi connectivity index (χ2v) is 5.39. The molecule has 1 heterocycles. The van der Waals surface area contributed by atoms with Gasteiger partial charge in [0.2, 0.25) is 0 Å². The van der Waals surface area contributed by atoms with Crippen molar-refractivity contribution < 1.29 is 28.2 Å². The summed E-state index contributed by atoms with van der Waals surface area (Å²) in [6.07, 6.45) is -1.84. The first kappa shape index (κ1) is 15.7. The molecule has 1 unspecified atom stereocenters. The maximum Gasteiger partial charge on any atom is 0.412 e. The van der Waals surface area contributed by atoms with E-state index in [-0.39, 0.29) is 12.3 Å². The minimum Gasteiger partial charge on any atom is -0.465 e. The third-order valence-corrected chi connectivity index (χ3v) is 3.31. The first-order chi connectivity index (χ1) is 9.69. The van der Waals surface area contributed by atoms with E-state index in [1.54, 1.807) is 20.8 Å². The smallest absolute Gasteiger partial charge is 0.412 e. The van der Waals surface area contributed by atoms with Crippen molar-refractivity contribution in [3.8, 4) is 0 Å².